The Bertz CT molecular complexity index is 620. The molecule has 1 aromatic carbocycles. The highest BCUT2D eigenvalue weighted by atomic mass is 79.9. The van der Waals surface area contributed by atoms with Crippen molar-refractivity contribution in [2.45, 2.75) is 0 Å². The van der Waals surface area contributed by atoms with E-state index in [2.05, 4.69) is 31.7 Å². The molecule has 0 radical (unpaired) electrons. The minimum atomic E-state index is -0.330. The second-order valence-electron chi connectivity index (χ2n) is 3.62. The molecule has 1 heterocycles. The van der Waals surface area contributed by atoms with Crippen LogP contribution >= 0.6 is 27.5 Å². The smallest absolute Gasteiger partial charge is 0.259 e. The molecule has 5 nitrogen and oxygen atoms in total. The van der Waals surface area contributed by atoms with Gasteiger partial charge in [-0.15, -0.1) is 0 Å². The summed E-state index contributed by atoms with van der Waals surface area (Å²) in [4.78, 5) is 16.1. The molecular formula is C12H10BrClN4O. The topological polar surface area (TPSA) is 80.0 Å². The van der Waals surface area contributed by atoms with Gasteiger partial charge in [-0.25, -0.2) is 10.8 Å². The fraction of sp³-hybridized carbons (Fsp3) is 0. The van der Waals surface area contributed by atoms with E-state index in [0.29, 0.717) is 22.1 Å². The SMILES string of the molecule is NNc1ncccc1C(=O)Nc1cc(Cl)ccc1Br. The fourth-order valence-electron chi connectivity index (χ4n) is 1.49. The number of anilines is 2. The lowest BCUT2D eigenvalue weighted by molar-refractivity contribution is 0.102. The third kappa shape index (κ3) is 3.23. The quantitative estimate of drug-likeness (QED) is 0.592. The van der Waals surface area contributed by atoms with Gasteiger partial charge in [0, 0.05) is 15.7 Å². The number of halogens is 2. The number of hydrogen-bond acceptors (Lipinski definition) is 4. The molecule has 2 aromatic rings. The van der Waals surface area contributed by atoms with Crippen LogP contribution in [0.3, 0.4) is 0 Å². The van der Waals surface area contributed by atoms with Gasteiger partial charge in [0.15, 0.2) is 5.82 Å². The number of hydrazine groups is 1. The highest BCUT2D eigenvalue weighted by molar-refractivity contribution is 9.10. The third-order valence-electron chi connectivity index (χ3n) is 2.37. The van der Waals surface area contributed by atoms with Crippen LogP contribution in [0.15, 0.2) is 41.0 Å². The normalized spacial score (nSPS) is 10.1. The summed E-state index contributed by atoms with van der Waals surface area (Å²) in [6.07, 6.45) is 1.54. The summed E-state index contributed by atoms with van der Waals surface area (Å²) >= 11 is 9.23. The standard InChI is InChI=1S/C12H10BrClN4O/c13-9-4-3-7(14)6-10(9)17-12(19)8-2-1-5-16-11(8)18-15/h1-6H,15H2,(H,16,18)(H,17,19). The number of amides is 1. The zero-order valence-electron chi connectivity index (χ0n) is 9.65. The Morgan fingerprint density at radius 3 is 2.89 bits per heavy atom. The summed E-state index contributed by atoms with van der Waals surface area (Å²) in [6.45, 7) is 0. The first-order valence-corrected chi connectivity index (χ1v) is 6.47. The molecule has 1 amide bonds. The van der Waals surface area contributed by atoms with Gasteiger partial charge >= 0.3 is 0 Å². The van der Waals surface area contributed by atoms with E-state index in [0.717, 1.165) is 4.47 Å². The number of hydrogen-bond donors (Lipinski definition) is 3. The Hall–Kier alpha value is -1.63. The summed E-state index contributed by atoms with van der Waals surface area (Å²) in [7, 11) is 0. The van der Waals surface area contributed by atoms with Crippen molar-refractivity contribution in [3.05, 3.63) is 51.6 Å². The lowest BCUT2D eigenvalue weighted by Crippen LogP contribution is -2.18. The molecule has 0 saturated carbocycles. The van der Waals surface area contributed by atoms with Crippen molar-refractivity contribution in [1.82, 2.24) is 4.98 Å². The first-order chi connectivity index (χ1) is 9.11. The Kier molecular flexibility index (Phi) is 4.36. The Morgan fingerprint density at radius 1 is 1.37 bits per heavy atom. The zero-order chi connectivity index (χ0) is 13.8. The van der Waals surface area contributed by atoms with Crippen LogP contribution in [0.25, 0.3) is 0 Å². The number of nitrogen functional groups attached to an aromatic ring is 1. The van der Waals surface area contributed by atoms with Crippen molar-refractivity contribution in [3.8, 4) is 0 Å². The number of rotatable bonds is 3. The molecule has 7 heteroatoms. The maximum atomic E-state index is 12.1. The summed E-state index contributed by atoms with van der Waals surface area (Å²) in [5, 5.41) is 3.27. The van der Waals surface area contributed by atoms with Gasteiger partial charge in [0.2, 0.25) is 0 Å². The van der Waals surface area contributed by atoms with Crippen molar-refractivity contribution in [3.63, 3.8) is 0 Å². The molecule has 98 valence electrons. The minimum Gasteiger partial charge on any atom is -0.321 e. The van der Waals surface area contributed by atoms with Crippen molar-refractivity contribution >= 4 is 44.9 Å². The van der Waals surface area contributed by atoms with Crippen molar-refractivity contribution < 1.29 is 4.79 Å². The first-order valence-electron chi connectivity index (χ1n) is 5.30. The number of aromatic nitrogens is 1. The van der Waals surface area contributed by atoms with Gasteiger partial charge in [-0.2, -0.15) is 0 Å². The second kappa shape index (κ2) is 6.01. The number of pyridine rings is 1. The molecule has 19 heavy (non-hydrogen) atoms. The van der Waals surface area contributed by atoms with Gasteiger partial charge in [-0.1, -0.05) is 11.6 Å². The lowest BCUT2D eigenvalue weighted by atomic mass is 10.2. The molecule has 1 aromatic heterocycles. The summed E-state index contributed by atoms with van der Waals surface area (Å²) in [5.74, 6) is 5.29. The van der Waals surface area contributed by atoms with Crippen LogP contribution in [-0.4, -0.2) is 10.9 Å². The minimum absolute atomic E-state index is 0.304. The Balaban J connectivity index is 2.28. The molecule has 0 aliphatic rings. The molecule has 4 N–H and O–H groups in total. The van der Waals surface area contributed by atoms with Crippen molar-refractivity contribution in [1.29, 1.82) is 0 Å². The van der Waals surface area contributed by atoms with E-state index in [9.17, 15) is 4.79 Å². The van der Waals surface area contributed by atoms with Crippen LogP contribution in [0.5, 0.6) is 0 Å². The van der Waals surface area contributed by atoms with Crippen molar-refractivity contribution in [2.75, 3.05) is 10.7 Å². The second-order valence-corrected chi connectivity index (χ2v) is 4.91. The number of benzene rings is 1. The molecular weight excluding hydrogens is 332 g/mol. The Morgan fingerprint density at radius 2 is 2.16 bits per heavy atom. The van der Waals surface area contributed by atoms with Crippen LogP contribution in [0, 0.1) is 0 Å². The highest BCUT2D eigenvalue weighted by Gasteiger charge is 2.13. The van der Waals surface area contributed by atoms with Gasteiger partial charge < -0.3 is 10.7 Å². The van der Waals surface area contributed by atoms with Gasteiger partial charge in [-0.05, 0) is 46.3 Å². The predicted octanol–water partition coefficient (Wildman–Crippen LogP) is 3.04. The number of nitrogens with zero attached hydrogens (tertiary/aromatic N) is 1. The maximum absolute atomic E-state index is 12.1. The fourth-order valence-corrected chi connectivity index (χ4v) is 2.00. The van der Waals surface area contributed by atoms with Crippen LogP contribution in [-0.2, 0) is 0 Å². The predicted molar refractivity (Wildman–Crippen MR) is 79.2 cm³/mol. The number of carbonyl (C=O) groups is 1. The molecule has 0 fully saturated rings. The van der Waals surface area contributed by atoms with E-state index in [1.54, 1.807) is 36.5 Å². The summed E-state index contributed by atoms with van der Waals surface area (Å²) in [5.41, 5.74) is 3.30. The number of nitrogens with one attached hydrogen (secondary N) is 2. The lowest BCUT2D eigenvalue weighted by Gasteiger charge is -2.10. The Labute approximate surface area is 123 Å². The molecule has 0 aliphatic carbocycles. The van der Waals surface area contributed by atoms with Crippen molar-refractivity contribution in [2.24, 2.45) is 5.84 Å². The van der Waals surface area contributed by atoms with E-state index in [1.165, 1.54) is 0 Å². The molecule has 0 saturated heterocycles. The van der Waals surface area contributed by atoms with E-state index in [1.807, 2.05) is 0 Å². The van der Waals surface area contributed by atoms with Gasteiger partial charge in [0.05, 0.1) is 11.3 Å². The molecule has 0 bridgehead atoms. The summed E-state index contributed by atoms with van der Waals surface area (Å²) < 4.78 is 0.733. The van der Waals surface area contributed by atoms with Crippen LogP contribution < -0.4 is 16.6 Å². The van der Waals surface area contributed by atoms with E-state index >= 15 is 0 Å². The average Bonchev–Trinajstić information content (AvgIpc) is 2.42. The summed E-state index contributed by atoms with van der Waals surface area (Å²) in [6, 6.07) is 8.40. The monoisotopic (exact) mass is 340 g/mol. The average molecular weight is 342 g/mol. The van der Waals surface area contributed by atoms with Crippen LogP contribution in [0.4, 0.5) is 11.5 Å². The first kappa shape index (κ1) is 13.8. The number of nitrogens with two attached hydrogens (primary N) is 1. The zero-order valence-corrected chi connectivity index (χ0v) is 12.0. The molecule has 0 atom stereocenters. The maximum Gasteiger partial charge on any atom is 0.259 e. The largest absolute Gasteiger partial charge is 0.321 e. The number of carbonyl (C=O) groups excluding carboxylic acids is 1. The third-order valence-corrected chi connectivity index (χ3v) is 3.29. The van der Waals surface area contributed by atoms with Crippen LogP contribution in [0.1, 0.15) is 10.4 Å². The van der Waals surface area contributed by atoms with E-state index in [-0.39, 0.29) is 5.91 Å². The molecule has 0 aliphatic heterocycles. The van der Waals surface area contributed by atoms with Gasteiger partial charge in [-0.3, -0.25) is 4.79 Å². The van der Waals surface area contributed by atoms with Gasteiger partial charge in [0.1, 0.15) is 0 Å². The van der Waals surface area contributed by atoms with Crippen LogP contribution in [0.2, 0.25) is 5.02 Å². The molecule has 0 unspecified atom stereocenters. The molecule has 2 rings (SSSR count). The van der Waals surface area contributed by atoms with E-state index in [4.69, 9.17) is 17.4 Å². The van der Waals surface area contributed by atoms with Gasteiger partial charge in [0.25, 0.3) is 5.91 Å². The van der Waals surface area contributed by atoms with E-state index < -0.39 is 0 Å². The molecule has 0 spiro atoms. The highest BCUT2D eigenvalue weighted by Crippen LogP contribution is 2.26.